The lowest BCUT2D eigenvalue weighted by molar-refractivity contribution is 0.760. The molecule has 1 unspecified atom stereocenters. The van der Waals surface area contributed by atoms with E-state index in [0.29, 0.717) is 6.04 Å². The van der Waals surface area contributed by atoms with E-state index in [-0.39, 0.29) is 0 Å². The van der Waals surface area contributed by atoms with Gasteiger partial charge in [-0.05, 0) is 43.9 Å². The van der Waals surface area contributed by atoms with Crippen molar-refractivity contribution in [3.8, 4) is 0 Å². The van der Waals surface area contributed by atoms with Gasteiger partial charge in [0.1, 0.15) is 5.82 Å². The minimum atomic E-state index is 0.459. The third-order valence-corrected chi connectivity index (χ3v) is 3.02. The summed E-state index contributed by atoms with van der Waals surface area (Å²) in [5.41, 5.74) is 0.953. The van der Waals surface area contributed by atoms with Gasteiger partial charge in [-0.15, -0.1) is 5.10 Å². The van der Waals surface area contributed by atoms with Crippen molar-refractivity contribution in [2.45, 2.75) is 33.2 Å². The van der Waals surface area contributed by atoms with E-state index in [1.807, 2.05) is 30.8 Å². The molecule has 0 amide bonds. The molecule has 0 saturated heterocycles. The van der Waals surface area contributed by atoms with Crippen LogP contribution in [0.3, 0.4) is 0 Å². The van der Waals surface area contributed by atoms with Crippen molar-refractivity contribution in [3.63, 3.8) is 0 Å². The maximum atomic E-state index is 4.08. The van der Waals surface area contributed by atoms with Crippen molar-refractivity contribution < 1.29 is 0 Å². The lowest BCUT2D eigenvalue weighted by Gasteiger charge is -2.13. The van der Waals surface area contributed by atoms with E-state index in [9.17, 15) is 0 Å². The molecule has 1 aromatic rings. The lowest BCUT2D eigenvalue weighted by Crippen LogP contribution is -2.17. The van der Waals surface area contributed by atoms with Gasteiger partial charge in [0.05, 0.1) is 5.69 Å². The van der Waals surface area contributed by atoms with Crippen molar-refractivity contribution in [2.24, 2.45) is 0 Å². The van der Waals surface area contributed by atoms with E-state index in [1.165, 1.54) is 11.5 Å². The summed E-state index contributed by atoms with van der Waals surface area (Å²) in [4.78, 5) is 0. The molecular formula is C11H19N3S. The van der Waals surface area contributed by atoms with Crippen LogP contribution in [0.25, 0.3) is 0 Å². The fraction of sp³-hybridized carbons (Fsp3) is 0.636. The zero-order valence-corrected chi connectivity index (χ0v) is 10.5. The van der Waals surface area contributed by atoms with Gasteiger partial charge in [0.15, 0.2) is 0 Å². The molecule has 0 aromatic carbocycles. The van der Waals surface area contributed by atoms with Crippen LogP contribution < -0.4 is 5.32 Å². The highest BCUT2D eigenvalue weighted by Crippen LogP contribution is 2.08. The molecule has 4 heteroatoms. The Bertz CT molecular complexity index is 274. The summed E-state index contributed by atoms with van der Waals surface area (Å²) in [6.07, 6.45) is 1.16. The summed E-state index contributed by atoms with van der Waals surface area (Å²) < 4.78 is 0. The average molecular weight is 225 g/mol. The van der Waals surface area contributed by atoms with Gasteiger partial charge in [-0.25, -0.2) is 0 Å². The normalized spacial score (nSPS) is 12.5. The van der Waals surface area contributed by atoms with Gasteiger partial charge in [0.2, 0.25) is 0 Å². The average Bonchev–Trinajstić information content (AvgIpc) is 2.22. The number of rotatable bonds is 6. The molecule has 84 valence electrons. The van der Waals surface area contributed by atoms with Gasteiger partial charge in [0, 0.05) is 6.04 Å². The molecule has 3 nitrogen and oxygen atoms in total. The fourth-order valence-corrected chi connectivity index (χ4v) is 2.01. The highest BCUT2D eigenvalue weighted by molar-refractivity contribution is 7.99. The molecule has 0 aliphatic rings. The van der Waals surface area contributed by atoms with Crippen LogP contribution in [0.4, 0.5) is 5.82 Å². The first-order chi connectivity index (χ1) is 7.22. The first-order valence-corrected chi connectivity index (χ1v) is 6.52. The van der Waals surface area contributed by atoms with Crippen LogP contribution in [0.1, 0.15) is 26.0 Å². The smallest absolute Gasteiger partial charge is 0.148 e. The molecule has 0 bridgehead atoms. The summed E-state index contributed by atoms with van der Waals surface area (Å²) in [5, 5.41) is 11.4. The van der Waals surface area contributed by atoms with E-state index in [1.54, 1.807) is 0 Å². The van der Waals surface area contributed by atoms with Crippen LogP contribution >= 0.6 is 11.8 Å². The predicted molar refractivity (Wildman–Crippen MR) is 67.5 cm³/mol. The maximum Gasteiger partial charge on any atom is 0.148 e. The van der Waals surface area contributed by atoms with Crippen LogP contribution in [0, 0.1) is 6.92 Å². The first kappa shape index (κ1) is 12.3. The van der Waals surface area contributed by atoms with Gasteiger partial charge < -0.3 is 5.32 Å². The molecule has 0 fully saturated rings. The van der Waals surface area contributed by atoms with E-state index < -0.39 is 0 Å². The zero-order chi connectivity index (χ0) is 11.1. The third kappa shape index (κ3) is 5.02. The lowest BCUT2D eigenvalue weighted by atomic mass is 10.2. The van der Waals surface area contributed by atoms with Crippen LogP contribution in [-0.4, -0.2) is 27.7 Å². The second kappa shape index (κ2) is 6.67. The Morgan fingerprint density at radius 1 is 1.40 bits per heavy atom. The van der Waals surface area contributed by atoms with E-state index in [0.717, 1.165) is 17.9 Å². The molecular weight excluding hydrogens is 206 g/mol. The van der Waals surface area contributed by atoms with Crippen LogP contribution in [0.15, 0.2) is 12.1 Å². The maximum absolute atomic E-state index is 4.08. The Morgan fingerprint density at radius 2 is 2.20 bits per heavy atom. The topological polar surface area (TPSA) is 37.8 Å². The molecule has 15 heavy (non-hydrogen) atoms. The molecule has 1 aromatic heterocycles. The number of aromatic nitrogens is 2. The molecule has 1 N–H and O–H groups in total. The van der Waals surface area contributed by atoms with E-state index in [4.69, 9.17) is 0 Å². The van der Waals surface area contributed by atoms with Crippen molar-refractivity contribution >= 4 is 17.6 Å². The molecule has 0 aliphatic heterocycles. The van der Waals surface area contributed by atoms with E-state index >= 15 is 0 Å². The van der Waals surface area contributed by atoms with Crippen molar-refractivity contribution in [1.29, 1.82) is 0 Å². The number of hydrogen-bond acceptors (Lipinski definition) is 4. The van der Waals surface area contributed by atoms with Crippen molar-refractivity contribution in [2.75, 3.05) is 16.8 Å². The van der Waals surface area contributed by atoms with Crippen molar-refractivity contribution in [3.05, 3.63) is 17.8 Å². The zero-order valence-electron chi connectivity index (χ0n) is 9.66. The van der Waals surface area contributed by atoms with Crippen LogP contribution in [-0.2, 0) is 0 Å². The first-order valence-electron chi connectivity index (χ1n) is 5.37. The minimum Gasteiger partial charge on any atom is -0.366 e. The summed E-state index contributed by atoms with van der Waals surface area (Å²) in [7, 11) is 0. The van der Waals surface area contributed by atoms with Gasteiger partial charge in [0.25, 0.3) is 0 Å². The minimum absolute atomic E-state index is 0.459. The quantitative estimate of drug-likeness (QED) is 0.755. The molecule has 0 saturated carbocycles. The fourth-order valence-electron chi connectivity index (χ4n) is 1.20. The highest BCUT2D eigenvalue weighted by Gasteiger charge is 2.02. The second-order valence-electron chi connectivity index (χ2n) is 3.59. The number of anilines is 1. The number of aryl methyl sites for hydroxylation is 1. The Balaban J connectivity index is 2.31. The summed E-state index contributed by atoms with van der Waals surface area (Å²) >= 11 is 1.97. The Labute approximate surface area is 96.1 Å². The second-order valence-corrected chi connectivity index (χ2v) is 4.98. The Kier molecular flexibility index (Phi) is 5.47. The molecule has 0 radical (unpaired) electrons. The van der Waals surface area contributed by atoms with Crippen LogP contribution in [0.5, 0.6) is 0 Å². The third-order valence-electron chi connectivity index (χ3n) is 2.09. The van der Waals surface area contributed by atoms with Crippen molar-refractivity contribution in [1.82, 2.24) is 10.2 Å². The number of hydrogen-bond donors (Lipinski definition) is 1. The van der Waals surface area contributed by atoms with E-state index in [2.05, 4.69) is 29.4 Å². The number of thioether (sulfide) groups is 1. The number of nitrogens with zero attached hydrogens (tertiary/aromatic N) is 2. The van der Waals surface area contributed by atoms with Gasteiger partial charge in [-0.3, -0.25) is 0 Å². The van der Waals surface area contributed by atoms with Gasteiger partial charge in [-0.2, -0.15) is 16.9 Å². The summed E-state index contributed by atoms with van der Waals surface area (Å²) in [5.74, 6) is 3.26. The van der Waals surface area contributed by atoms with Crippen LogP contribution in [0.2, 0.25) is 0 Å². The standard InChI is InChI=1S/C11H19N3S/c1-4-15-8-7-9(2)12-11-6-5-10(3)13-14-11/h5-6,9H,4,7-8H2,1-3H3,(H,12,14). The molecule has 1 heterocycles. The largest absolute Gasteiger partial charge is 0.366 e. The Hall–Kier alpha value is -0.770. The predicted octanol–water partition coefficient (Wildman–Crippen LogP) is 2.73. The highest BCUT2D eigenvalue weighted by atomic mass is 32.2. The number of nitrogens with one attached hydrogen (secondary N) is 1. The van der Waals surface area contributed by atoms with Gasteiger partial charge >= 0.3 is 0 Å². The molecule has 0 spiro atoms. The summed E-state index contributed by atoms with van der Waals surface area (Å²) in [6, 6.07) is 4.41. The monoisotopic (exact) mass is 225 g/mol. The SMILES string of the molecule is CCSCCC(C)Nc1ccc(C)nn1. The summed E-state index contributed by atoms with van der Waals surface area (Å²) in [6.45, 7) is 6.31. The molecule has 1 atom stereocenters. The molecule has 0 aliphatic carbocycles. The Morgan fingerprint density at radius 3 is 2.80 bits per heavy atom. The van der Waals surface area contributed by atoms with Gasteiger partial charge in [-0.1, -0.05) is 6.92 Å². The molecule has 1 rings (SSSR count).